The summed E-state index contributed by atoms with van der Waals surface area (Å²) in [7, 11) is 0. The van der Waals surface area contributed by atoms with Crippen LogP contribution >= 0.6 is 0 Å². The van der Waals surface area contributed by atoms with Crippen LogP contribution in [0.1, 0.15) is 67.8 Å². The van der Waals surface area contributed by atoms with Crippen LogP contribution in [0.3, 0.4) is 0 Å². The molecule has 43 heavy (non-hydrogen) atoms. The summed E-state index contributed by atoms with van der Waals surface area (Å²) in [5.41, 5.74) is 10.3. The van der Waals surface area contributed by atoms with Gasteiger partial charge >= 0.3 is 6.01 Å². The molecule has 2 aromatic rings. The number of halogens is 1. The van der Waals surface area contributed by atoms with E-state index < -0.39 is 11.8 Å². The minimum atomic E-state index is -0.839. The highest BCUT2D eigenvalue weighted by Crippen LogP contribution is 2.47. The summed E-state index contributed by atoms with van der Waals surface area (Å²) in [6, 6.07) is 8.42. The lowest BCUT2D eigenvalue weighted by atomic mass is 9.74. The molecule has 1 aromatic carbocycles. The largest absolute Gasteiger partial charge is 0.461 e. The third-order valence-electron chi connectivity index (χ3n) is 10.4. The Balaban J connectivity index is 1.24. The van der Waals surface area contributed by atoms with E-state index in [0.717, 1.165) is 67.0 Å². The molecule has 0 unspecified atom stereocenters. The summed E-state index contributed by atoms with van der Waals surface area (Å²) in [6.45, 7) is 5.17. The molecule has 228 valence electrons. The van der Waals surface area contributed by atoms with Gasteiger partial charge in [-0.05, 0) is 61.9 Å². The zero-order valence-corrected chi connectivity index (χ0v) is 24.9. The van der Waals surface area contributed by atoms with Gasteiger partial charge in [0.05, 0.1) is 42.0 Å². The zero-order valence-electron chi connectivity index (χ0n) is 24.9. The summed E-state index contributed by atoms with van der Waals surface area (Å²) in [5.74, 6) is 0.706. The van der Waals surface area contributed by atoms with Crippen LogP contribution in [0.2, 0.25) is 0 Å². The van der Waals surface area contributed by atoms with E-state index in [2.05, 4.69) is 21.9 Å². The molecule has 5 aliphatic rings. The molecule has 11 heteroatoms. The number of nitrogen functional groups attached to an aromatic ring is 1. The van der Waals surface area contributed by atoms with Crippen LogP contribution in [0.25, 0.3) is 0 Å². The third-order valence-corrected chi connectivity index (χ3v) is 10.4. The van der Waals surface area contributed by atoms with Crippen molar-refractivity contribution in [3.8, 4) is 12.1 Å². The SMILES string of the molecule is CC(=O)N1CCN(c2nc(OC[C@@]34CCCN3C[C@H](F)C4)nc3c2CO[C@@]2(CCCc4ccc(N)cc42)C3)C[C@@H]1CC#N. The zero-order chi connectivity index (χ0) is 29.8. The molecule has 4 aliphatic heterocycles. The fourth-order valence-electron chi connectivity index (χ4n) is 8.31. The molecule has 10 nitrogen and oxygen atoms in total. The number of alkyl halides is 1. The Hall–Kier alpha value is -3.49. The smallest absolute Gasteiger partial charge is 0.318 e. The first kappa shape index (κ1) is 28.3. The van der Waals surface area contributed by atoms with E-state index in [1.807, 2.05) is 12.1 Å². The van der Waals surface area contributed by atoms with E-state index in [1.54, 1.807) is 11.8 Å². The van der Waals surface area contributed by atoms with Crippen molar-refractivity contribution in [3.63, 3.8) is 0 Å². The van der Waals surface area contributed by atoms with Crippen LogP contribution in [0.15, 0.2) is 18.2 Å². The first-order valence-electron chi connectivity index (χ1n) is 15.6. The van der Waals surface area contributed by atoms with Crippen molar-refractivity contribution in [2.75, 3.05) is 50.0 Å². The predicted molar refractivity (Wildman–Crippen MR) is 158 cm³/mol. The Morgan fingerprint density at radius 2 is 2.12 bits per heavy atom. The summed E-state index contributed by atoms with van der Waals surface area (Å²) >= 11 is 0. The number of anilines is 2. The Kier molecular flexibility index (Phi) is 7.17. The number of carbonyl (C=O) groups excluding carboxylic acids is 1. The highest BCUT2D eigenvalue weighted by Gasteiger charge is 2.50. The van der Waals surface area contributed by atoms with Crippen LogP contribution in [0.5, 0.6) is 6.01 Å². The van der Waals surface area contributed by atoms with Gasteiger partial charge in [-0.15, -0.1) is 0 Å². The lowest BCUT2D eigenvalue weighted by Crippen LogP contribution is -2.55. The van der Waals surface area contributed by atoms with Crippen molar-refractivity contribution in [1.29, 1.82) is 5.26 Å². The maximum absolute atomic E-state index is 14.5. The van der Waals surface area contributed by atoms with E-state index >= 15 is 0 Å². The number of fused-ring (bicyclic) bond motifs is 4. The van der Waals surface area contributed by atoms with Crippen molar-refractivity contribution in [3.05, 3.63) is 40.6 Å². The fourth-order valence-corrected chi connectivity index (χ4v) is 8.31. The number of ether oxygens (including phenoxy) is 2. The fraction of sp³-hybridized carbons (Fsp3) is 0.625. The van der Waals surface area contributed by atoms with Crippen LogP contribution in [-0.2, 0) is 34.6 Å². The maximum Gasteiger partial charge on any atom is 0.318 e. The Labute approximate surface area is 251 Å². The van der Waals surface area contributed by atoms with Crippen molar-refractivity contribution in [2.24, 2.45) is 0 Å². The number of hydrogen-bond donors (Lipinski definition) is 1. The van der Waals surface area contributed by atoms with Crippen LogP contribution in [0.4, 0.5) is 15.9 Å². The molecule has 1 aromatic heterocycles. The topological polar surface area (TPSA) is 121 Å². The molecule has 1 amide bonds. The van der Waals surface area contributed by atoms with Crippen molar-refractivity contribution < 1.29 is 18.7 Å². The van der Waals surface area contributed by atoms with Crippen LogP contribution in [0, 0.1) is 11.3 Å². The maximum atomic E-state index is 14.5. The number of carbonyl (C=O) groups is 1. The molecule has 2 N–H and O–H groups in total. The van der Waals surface area contributed by atoms with E-state index in [9.17, 15) is 14.4 Å². The monoisotopic (exact) mass is 589 g/mol. The number of aromatic nitrogens is 2. The molecule has 1 aliphatic carbocycles. The summed E-state index contributed by atoms with van der Waals surface area (Å²) in [5, 5.41) is 9.51. The quantitative estimate of drug-likeness (QED) is 0.524. The first-order valence-corrected chi connectivity index (χ1v) is 15.6. The van der Waals surface area contributed by atoms with Crippen molar-refractivity contribution >= 4 is 17.4 Å². The Bertz CT molecular complexity index is 1470. The van der Waals surface area contributed by atoms with Crippen molar-refractivity contribution in [2.45, 2.75) is 88.3 Å². The second-order valence-electron chi connectivity index (χ2n) is 13.0. The first-order chi connectivity index (χ1) is 20.8. The van der Waals surface area contributed by atoms with E-state index in [-0.39, 0.29) is 23.9 Å². The number of rotatable bonds is 5. The average Bonchev–Trinajstić information content (AvgIpc) is 3.52. The lowest BCUT2D eigenvalue weighted by molar-refractivity contribution is -0.131. The van der Waals surface area contributed by atoms with Gasteiger partial charge in [0.25, 0.3) is 0 Å². The van der Waals surface area contributed by atoms with Gasteiger partial charge in [0.2, 0.25) is 5.91 Å². The number of piperazine rings is 1. The average molecular weight is 590 g/mol. The number of amides is 1. The summed E-state index contributed by atoms with van der Waals surface area (Å²) < 4.78 is 27.6. The number of hydrogen-bond acceptors (Lipinski definition) is 9. The predicted octanol–water partition coefficient (Wildman–Crippen LogP) is 3.27. The third kappa shape index (κ3) is 4.98. The van der Waals surface area contributed by atoms with Gasteiger partial charge in [0.1, 0.15) is 18.6 Å². The Morgan fingerprint density at radius 3 is 2.95 bits per heavy atom. The molecule has 0 bridgehead atoms. The van der Waals surface area contributed by atoms with Gasteiger partial charge in [0.15, 0.2) is 0 Å². The minimum Gasteiger partial charge on any atom is -0.461 e. The van der Waals surface area contributed by atoms with Crippen LogP contribution in [-0.4, -0.2) is 82.8 Å². The Morgan fingerprint density at radius 1 is 1.23 bits per heavy atom. The molecule has 3 fully saturated rings. The summed E-state index contributed by atoms with van der Waals surface area (Å²) in [4.78, 5) is 28.4. The van der Waals surface area contributed by atoms with Gasteiger partial charge < -0.3 is 25.0 Å². The molecule has 7 rings (SSSR count). The molecule has 0 saturated carbocycles. The normalized spacial score (nSPS) is 30.1. The van der Waals surface area contributed by atoms with E-state index in [1.165, 1.54) is 5.56 Å². The molecule has 1 spiro atoms. The number of aryl methyl sites for hydroxylation is 1. The number of benzene rings is 1. The van der Waals surface area contributed by atoms with E-state index in [4.69, 9.17) is 25.2 Å². The summed E-state index contributed by atoms with van der Waals surface area (Å²) in [6.07, 6.45) is 5.27. The second kappa shape index (κ2) is 10.9. The molecule has 4 atom stereocenters. The molecule has 3 saturated heterocycles. The van der Waals surface area contributed by atoms with Crippen LogP contribution < -0.4 is 15.4 Å². The van der Waals surface area contributed by atoms with Gasteiger partial charge in [0, 0.05) is 57.2 Å². The highest BCUT2D eigenvalue weighted by molar-refractivity contribution is 5.74. The van der Waals surface area contributed by atoms with Gasteiger partial charge in [-0.1, -0.05) is 6.07 Å². The second-order valence-corrected chi connectivity index (χ2v) is 13.0. The molecular formula is C32H40FN7O3. The number of nitrogens with two attached hydrogens (primary N) is 1. The van der Waals surface area contributed by atoms with E-state index in [0.29, 0.717) is 58.2 Å². The molecule has 5 heterocycles. The van der Waals surface area contributed by atoms with Gasteiger partial charge in [-0.3, -0.25) is 9.69 Å². The minimum absolute atomic E-state index is 0.0303. The lowest BCUT2D eigenvalue weighted by Gasteiger charge is -2.44. The van der Waals surface area contributed by atoms with Gasteiger partial charge in [-0.2, -0.15) is 15.2 Å². The molecule has 0 radical (unpaired) electrons. The standard InChI is InChI=1S/C32H40FN7O3/c1-21(41)40-13-12-38(18-25(40)7-10-34)29-26-19-43-32(9-2-4-22-5-6-24(35)14-27(22)32)16-28(26)36-30(37-29)42-20-31-8-3-11-39(31)17-23(33)15-31/h5-6,14,23,25H,2-4,7-9,11-13,15-20,35H2,1H3/t23-,25+,31+,32+/m1/s1. The molecular weight excluding hydrogens is 549 g/mol. The number of nitriles is 1. The highest BCUT2D eigenvalue weighted by atomic mass is 19.1. The van der Waals surface area contributed by atoms with Gasteiger partial charge in [-0.25, -0.2) is 4.39 Å². The van der Waals surface area contributed by atoms with Crippen molar-refractivity contribution in [1.82, 2.24) is 19.8 Å². The number of nitrogens with zero attached hydrogens (tertiary/aromatic N) is 6.